The molecule has 0 aromatic heterocycles. The lowest BCUT2D eigenvalue weighted by molar-refractivity contribution is -0.141. The minimum atomic E-state index is -0.642. The van der Waals surface area contributed by atoms with Gasteiger partial charge in [0.1, 0.15) is 11.8 Å². The molecule has 1 atom stereocenters. The van der Waals surface area contributed by atoms with Crippen LogP contribution >= 0.6 is 11.6 Å². The standard InChI is InChI=1S/C28H31ClN2O3/c1-21-13-15-25(16-14-21)34-17-7-12-27(32)31(20-23-10-6-11-24(29)18-23)26(28(33)30-2)19-22-8-4-3-5-9-22/h3-6,8-11,13-16,18,26H,7,12,17,19-20H2,1-2H3,(H,30,33). The number of benzene rings is 3. The molecule has 178 valence electrons. The second-order valence-corrected chi connectivity index (χ2v) is 8.67. The molecule has 6 heteroatoms. The Hall–Kier alpha value is -3.31. The van der Waals surface area contributed by atoms with Crippen LogP contribution in [0.2, 0.25) is 5.02 Å². The van der Waals surface area contributed by atoms with E-state index in [0.29, 0.717) is 31.0 Å². The van der Waals surface area contributed by atoms with Crippen molar-refractivity contribution in [1.82, 2.24) is 10.2 Å². The summed E-state index contributed by atoms with van der Waals surface area (Å²) in [6.45, 7) is 2.74. The highest BCUT2D eigenvalue weighted by Gasteiger charge is 2.29. The molecule has 3 aromatic carbocycles. The molecular formula is C28H31ClN2O3. The molecule has 2 amide bonds. The predicted molar refractivity (Wildman–Crippen MR) is 136 cm³/mol. The van der Waals surface area contributed by atoms with Gasteiger partial charge < -0.3 is 15.0 Å². The van der Waals surface area contributed by atoms with E-state index in [2.05, 4.69) is 5.32 Å². The van der Waals surface area contributed by atoms with Crippen LogP contribution in [0.4, 0.5) is 0 Å². The van der Waals surface area contributed by atoms with Crippen LogP contribution < -0.4 is 10.1 Å². The van der Waals surface area contributed by atoms with Crippen molar-refractivity contribution in [3.8, 4) is 5.75 Å². The monoisotopic (exact) mass is 478 g/mol. The highest BCUT2D eigenvalue weighted by Crippen LogP contribution is 2.19. The van der Waals surface area contributed by atoms with E-state index in [9.17, 15) is 9.59 Å². The number of carbonyl (C=O) groups is 2. The highest BCUT2D eigenvalue weighted by atomic mass is 35.5. The van der Waals surface area contributed by atoms with Gasteiger partial charge in [0, 0.05) is 31.5 Å². The van der Waals surface area contributed by atoms with Gasteiger partial charge in [-0.25, -0.2) is 0 Å². The number of nitrogens with one attached hydrogen (secondary N) is 1. The van der Waals surface area contributed by atoms with Crippen molar-refractivity contribution in [3.63, 3.8) is 0 Å². The Labute approximate surface area is 206 Å². The fraction of sp³-hybridized carbons (Fsp3) is 0.286. The van der Waals surface area contributed by atoms with E-state index in [4.69, 9.17) is 16.3 Å². The van der Waals surface area contributed by atoms with Gasteiger partial charge in [-0.05, 0) is 48.7 Å². The Morgan fingerprint density at radius 2 is 1.68 bits per heavy atom. The van der Waals surface area contributed by atoms with Crippen LogP contribution in [-0.4, -0.2) is 36.4 Å². The van der Waals surface area contributed by atoms with Crippen LogP contribution in [0.15, 0.2) is 78.9 Å². The van der Waals surface area contributed by atoms with Crippen LogP contribution in [0.5, 0.6) is 5.75 Å². The second kappa shape index (κ2) is 12.8. The molecule has 5 nitrogen and oxygen atoms in total. The first-order chi connectivity index (χ1) is 16.5. The van der Waals surface area contributed by atoms with Gasteiger partial charge in [0.05, 0.1) is 6.61 Å². The van der Waals surface area contributed by atoms with Crippen molar-refractivity contribution in [2.24, 2.45) is 0 Å². The Kier molecular flexibility index (Phi) is 9.53. The molecule has 0 radical (unpaired) electrons. The van der Waals surface area contributed by atoms with E-state index in [0.717, 1.165) is 22.4 Å². The number of hydrogen-bond acceptors (Lipinski definition) is 3. The van der Waals surface area contributed by atoms with Crippen LogP contribution in [-0.2, 0) is 22.6 Å². The van der Waals surface area contributed by atoms with E-state index in [1.165, 1.54) is 0 Å². The van der Waals surface area contributed by atoms with Gasteiger partial charge in [0.15, 0.2) is 0 Å². The SMILES string of the molecule is CNC(=O)C(Cc1ccccc1)N(Cc1cccc(Cl)c1)C(=O)CCCOc1ccc(C)cc1. The molecular weight excluding hydrogens is 448 g/mol. The number of amides is 2. The zero-order valence-corrected chi connectivity index (χ0v) is 20.4. The topological polar surface area (TPSA) is 58.6 Å². The highest BCUT2D eigenvalue weighted by molar-refractivity contribution is 6.30. The maximum Gasteiger partial charge on any atom is 0.242 e. The maximum absolute atomic E-state index is 13.4. The van der Waals surface area contributed by atoms with Crippen molar-refractivity contribution < 1.29 is 14.3 Å². The average Bonchev–Trinajstić information content (AvgIpc) is 2.85. The number of likely N-dealkylation sites (N-methyl/N-ethyl adjacent to an activating group) is 1. The first-order valence-corrected chi connectivity index (χ1v) is 11.8. The number of ether oxygens (including phenoxy) is 1. The predicted octanol–water partition coefficient (Wildman–Crippen LogP) is 5.19. The largest absolute Gasteiger partial charge is 0.494 e. The summed E-state index contributed by atoms with van der Waals surface area (Å²) in [6, 6.07) is 24.3. The quantitative estimate of drug-likeness (QED) is 0.386. The molecule has 0 spiro atoms. The van der Waals surface area contributed by atoms with Crippen LogP contribution in [0.3, 0.4) is 0 Å². The van der Waals surface area contributed by atoms with Gasteiger partial charge in [-0.3, -0.25) is 9.59 Å². The molecule has 0 aliphatic heterocycles. The summed E-state index contributed by atoms with van der Waals surface area (Å²) in [4.78, 5) is 28.0. The van der Waals surface area contributed by atoms with E-state index in [1.807, 2.05) is 79.7 Å². The number of halogens is 1. The van der Waals surface area contributed by atoms with Gasteiger partial charge in [-0.2, -0.15) is 0 Å². The number of carbonyl (C=O) groups excluding carboxylic acids is 2. The molecule has 1 N–H and O–H groups in total. The molecule has 1 unspecified atom stereocenters. The minimum Gasteiger partial charge on any atom is -0.494 e. The number of rotatable bonds is 11. The summed E-state index contributed by atoms with van der Waals surface area (Å²) in [5.41, 5.74) is 3.03. The van der Waals surface area contributed by atoms with Gasteiger partial charge in [-0.1, -0.05) is 71.8 Å². The van der Waals surface area contributed by atoms with Crippen molar-refractivity contribution in [2.75, 3.05) is 13.7 Å². The fourth-order valence-electron chi connectivity index (χ4n) is 3.74. The molecule has 0 bridgehead atoms. The van der Waals surface area contributed by atoms with E-state index in [-0.39, 0.29) is 18.2 Å². The van der Waals surface area contributed by atoms with Crippen molar-refractivity contribution in [3.05, 3.63) is 101 Å². The molecule has 34 heavy (non-hydrogen) atoms. The number of nitrogens with zero attached hydrogens (tertiary/aromatic N) is 1. The smallest absolute Gasteiger partial charge is 0.242 e. The third-order valence-electron chi connectivity index (χ3n) is 5.58. The molecule has 0 aliphatic rings. The first kappa shape index (κ1) is 25.3. The van der Waals surface area contributed by atoms with Gasteiger partial charge in [-0.15, -0.1) is 0 Å². The lowest BCUT2D eigenvalue weighted by Crippen LogP contribution is -2.49. The molecule has 3 rings (SSSR count). The van der Waals surface area contributed by atoms with Gasteiger partial charge in [0.2, 0.25) is 11.8 Å². The Bertz CT molecular complexity index is 1070. The van der Waals surface area contributed by atoms with Gasteiger partial charge >= 0.3 is 0 Å². The maximum atomic E-state index is 13.4. The Morgan fingerprint density at radius 3 is 2.35 bits per heavy atom. The van der Waals surface area contributed by atoms with Crippen molar-refractivity contribution in [2.45, 2.75) is 38.8 Å². The summed E-state index contributed by atoms with van der Waals surface area (Å²) < 4.78 is 5.78. The molecule has 0 saturated heterocycles. The molecule has 0 heterocycles. The summed E-state index contributed by atoms with van der Waals surface area (Å²) in [5.74, 6) is 0.480. The van der Waals surface area contributed by atoms with Crippen LogP contribution in [0.1, 0.15) is 29.5 Å². The van der Waals surface area contributed by atoms with Crippen molar-refractivity contribution >= 4 is 23.4 Å². The molecule has 0 saturated carbocycles. The van der Waals surface area contributed by atoms with Crippen molar-refractivity contribution in [1.29, 1.82) is 0 Å². The van der Waals surface area contributed by atoms with Gasteiger partial charge in [0.25, 0.3) is 0 Å². The van der Waals surface area contributed by atoms with E-state index >= 15 is 0 Å². The van der Waals surface area contributed by atoms with E-state index < -0.39 is 6.04 Å². The summed E-state index contributed by atoms with van der Waals surface area (Å²) in [7, 11) is 1.60. The molecule has 0 aliphatic carbocycles. The third-order valence-corrected chi connectivity index (χ3v) is 5.82. The Morgan fingerprint density at radius 1 is 0.971 bits per heavy atom. The lowest BCUT2D eigenvalue weighted by Gasteiger charge is -2.31. The first-order valence-electron chi connectivity index (χ1n) is 11.4. The lowest BCUT2D eigenvalue weighted by atomic mass is 10.0. The van der Waals surface area contributed by atoms with Crippen LogP contribution in [0.25, 0.3) is 0 Å². The fourth-order valence-corrected chi connectivity index (χ4v) is 3.96. The minimum absolute atomic E-state index is 0.1000. The summed E-state index contributed by atoms with van der Waals surface area (Å²) in [6.07, 6.45) is 1.24. The number of aryl methyl sites for hydroxylation is 1. The second-order valence-electron chi connectivity index (χ2n) is 8.24. The third kappa shape index (κ3) is 7.63. The van der Waals surface area contributed by atoms with E-state index in [1.54, 1.807) is 18.0 Å². The summed E-state index contributed by atoms with van der Waals surface area (Å²) in [5, 5.41) is 3.32. The average molecular weight is 479 g/mol. The van der Waals surface area contributed by atoms with Crippen LogP contribution in [0, 0.1) is 6.92 Å². The molecule has 3 aromatic rings. The summed E-state index contributed by atoms with van der Waals surface area (Å²) >= 11 is 6.18. The zero-order valence-electron chi connectivity index (χ0n) is 19.7. The zero-order chi connectivity index (χ0) is 24.3. The Balaban J connectivity index is 1.74. The number of hydrogen-bond donors (Lipinski definition) is 1. The normalized spacial score (nSPS) is 11.5. The molecule has 0 fully saturated rings.